The highest BCUT2D eigenvalue weighted by atomic mass is 35.5. The maximum absolute atomic E-state index is 10.6. The quantitative estimate of drug-likeness (QED) is 0.687. The third-order valence-electron chi connectivity index (χ3n) is 1.30. The van der Waals surface area contributed by atoms with Crippen molar-refractivity contribution in [2.75, 3.05) is 0 Å². The SMILES string of the molecule is Cl.NC(=O)c1ccnc(C(N)=O)c1. The smallest absolute Gasteiger partial charge is 0.267 e. The van der Waals surface area contributed by atoms with E-state index in [2.05, 4.69) is 4.98 Å². The van der Waals surface area contributed by atoms with Crippen molar-refractivity contribution in [1.29, 1.82) is 0 Å². The van der Waals surface area contributed by atoms with E-state index in [1.165, 1.54) is 18.3 Å². The maximum Gasteiger partial charge on any atom is 0.267 e. The second kappa shape index (κ2) is 4.42. The van der Waals surface area contributed by atoms with Gasteiger partial charge in [-0.3, -0.25) is 14.6 Å². The molecular formula is C7H8ClN3O2. The van der Waals surface area contributed by atoms with Crippen LogP contribution in [0.2, 0.25) is 0 Å². The summed E-state index contributed by atoms with van der Waals surface area (Å²) in [7, 11) is 0. The van der Waals surface area contributed by atoms with Gasteiger partial charge in [-0.15, -0.1) is 12.4 Å². The fraction of sp³-hybridized carbons (Fsp3) is 0. The molecule has 0 aliphatic rings. The van der Waals surface area contributed by atoms with Crippen molar-refractivity contribution in [3.8, 4) is 0 Å². The van der Waals surface area contributed by atoms with Gasteiger partial charge < -0.3 is 11.5 Å². The van der Waals surface area contributed by atoms with Crippen molar-refractivity contribution in [2.24, 2.45) is 11.5 Å². The van der Waals surface area contributed by atoms with Gasteiger partial charge in [0.15, 0.2) is 0 Å². The second-order valence-corrected chi connectivity index (χ2v) is 2.16. The predicted molar refractivity (Wildman–Crippen MR) is 48.5 cm³/mol. The Morgan fingerprint density at radius 2 is 1.85 bits per heavy atom. The van der Waals surface area contributed by atoms with E-state index in [1.807, 2.05) is 0 Å². The molecule has 0 aliphatic heterocycles. The van der Waals surface area contributed by atoms with Crippen molar-refractivity contribution in [3.63, 3.8) is 0 Å². The van der Waals surface area contributed by atoms with E-state index >= 15 is 0 Å². The van der Waals surface area contributed by atoms with Crippen molar-refractivity contribution in [2.45, 2.75) is 0 Å². The molecule has 6 heteroatoms. The molecule has 1 rings (SSSR count). The monoisotopic (exact) mass is 201 g/mol. The number of carbonyl (C=O) groups is 2. The zero-order valence-electron chi connectivity index (χ0n) is 6.56. The van der Waals surface area contributed by atoms with Gasteiger partial charge in [0, 0.05) is 11.8 Å². The highest BCUT2D eigenvalue weighted by Gasteiger charge is 2.05. The molecule has 4 N–H and O–H groups in total. The molecule has 1 heterocycles. The number of hydrogen-bond donors (Lipinski definition) is 2. The largest absolute Gasteiger partial charge is 0.366 e. The molecule has 13 heavy (non-hydrogen) atoms. The minimum atomic E-state index is -0.682. The Balaban J connectivity index is 0.00000144. The van der Waals surface area contributed by atoms with Crippen LogP contribution in [0.1, 0.15) is 20.8 Å². The normalized spacial score (nSPS) is 8.62. The van der Waals surface area contributed by atoms with Crippen LogP contribution in [0.25, 0.3) is 0 Å². The van der Waals surface area contributed by atoms with Gasteiger partial charge in [0.05, 0.1) is 0 Å². The zero-order chi connectivity index (χ0) is 9.14. The first-order valence-electron chi connectivity index (χ1n) is 3.17. The lowest BCUT2D eigenvalue weighted by molar-refractivity contribution is 0.0995. The van der Waals surface area contributed by atoms with E-state index in [4.69, 9.17) is 11.5 Å². The number of pyridine rings is 1. The first-order valence-corrected chi connectivity index (χ1v) is 3.17. The number of carbonyl (C=O) groups excluding carboxylic acids is 2. The van der Waals surface area contributed by atoms with Crippen LogP contribution in [0.3, 0.4) is 0 Å². The minimum absolute atomic E-state index is 0. The molecule has 0 unspecified atom stereocenters. The van der Waals surface area contributed by atoms with Crippen LogP contribution in [0.5, 0.6) is 0 Å². The molecule has 0 saturated carbocycles. The minimum Gasteiger partial charge on any atom is -0.366 e. The highest BCUT2D eigenvalue weighted by Crippen LogP contribution is 1.99. The van der Waals surface area contributed by atoms with Gasteiger partial charge in [-0.1, -0.05) is 0 Å². The van der Waals surface area contributed by atoms with E-state index in [9.17, 15) is 9.59 Å². The summed E-state index contributed by atoms with van der Waals surface area (Å²) in [6.45, 7) is 0. The molecule has 2 amide bonds. The fourth-order valence-electron chi connectivity index (χ4n) is 0.719. The van der Waals surface area contributed by atoms with Gasteiger partial charge >= 0.3 is 0 Å². The standard InChI is InChI=1S/C7H7N3O2.ClH/c8-6(11)4-1-2-10-5(3-4)7(9)12;/h1-3H,(H2,8,11)(H2,9,12);1H. The Morgan fingerprint density at radius 1 is 1.23 bits per heavy atom. The van der Waals surface area contributed by atoms with Crippen molar-refractivity contribution in [3.05, 3.63) is 29.6 Å². The molecule has 5 nitrogen and oxygen atoms in total. The van der Waals surface area contributed by atoms with Gasteiger partial charge in [0.1, 0.15) is 5.69 Å². The van der Waals surface area contributed by atoms with Gasteiger partial charge in [-0.05, 0) is 12.1 Å². The molecule has 1 aromatic heterocycles. The van der Waals surface area contributed by atoms with Crippen molar-refractivity contribution < 1.29 is 9.59 Å². The lowest BCUT2D eigenvalue weighted by atomic mass is 10.2. The van der Waals surface area contributed by atoms with Gasteiger partial charge in [0.25, 0.3) is 5.91 Å². The van der Waals surface area contributed by atoms with Crippen molar-refractivity contribution >= 4 is 24.2 Å². The predicted octanol–water partition coefficient (Wildman–Crippen LogP) is -0.299. The maximum atomic E-state index is 10.6. The summed E-state index contributed by atoms with van der Waals surface area (Å²) < 4.78 is 0. The Morgan fingerprint density at radius 3 is 2.31 bits per heavy atom. The number of primary amides is 2. The number of rotatable bonds is 2. The van der Waals surface area contributed by atoms with Crippen LogP contribution in [0.4, 0.5) is 0 Å². The molecule has 0 radical (unpaired) electrons. The molecule has 0 fully saturated rings. The average Bonchev–Trinajstić information content (AvgIpc) is 2.04. The van der Waals surface area contributed by atoms with Crippen LogP contribution in [0, 0.1) is 0 Å². The topological polar surface area (TPSA) is 99.1 Å². The summed E-state index contributed by atoms with van der Waals surface area (Å²) in [5, 5.41) is 0. The lowest BCUT2D eigenvalue weighted by Crippen LogP contribution is -2.16. The van der Waals surface area contributed by atoms with Crippen LogP contribution in [-0.4, -0.2) is 16.8 Å². The van der Waals surface area contributed by atoms with Gasteiger partial charge in [-0.2, -0.15) is 0 Å². The number of halogens is 1. The number of nitrogens with zero attached hydrogens (tertiary/aromatic N) is 1. The Bertz CT molecular complexity index is 311. The van der Waals surface area contributed by atoms with E-state index in [-0.39, 0.29) is 23.7 Å². The average molecular weight is 202 g/mol. The van der Waals surface area contributed by atoms with Crippen LogP contribution in [0.15, 0.2) is 18.3 Å². The first-order chi connectivity index (χ1) is 5.61. The third-order valence-corrected chi connectivity index (χ3v) is 1.30. The molecular weight excluding hydrogens is 194 g/mol. The van der Waals surface area contributed by atoms with E-state index in [0.717, 1.165) is 0 Å². The van der Waals surface area contributed by atoms with E-state index < -0.39 is 11.8 Å². The van der Waals surface area contributed by atoms with Crippen LogP contribution in [-0.2, 0) is 0 Å². The fourth-order valence-corrected chi connectivity index (χ4v) is 0.719. The number of aromatic nitrogens is 1. The molecule has 0 atom stereocenters. The molecule has 1 aromatic rings. The summed E-state index contributed by atoms with van der Waals surface area (Å²) in [5.41, 5.74) is 10.1. The molecule has 0 bridgehead atoms. The van der Waals surface area contributed by atoms with E-state index in [0.29, 0.717) is 0 Å². The number of amides is 2. The third kappa shape index (κ3) is 2.72. The summed E-state index contributed by atoms with van der Waals surface area (Å²) in [5.74, 6) is -1.29. The lowest BCUT2D eigenvalue weighted by Gasteiger charge is -1.96. The molecule has 0 aromatic carbocycles. The summed E-state index contributed by atoms with van der Waals surface area (Å²) in [6.07, 6.45) is 1.31. The summed E-state index contributed by atoms with van der Waals surface area (Å²) in [4.78, 5) is 24.8. The van der Waals surface area contributed by atoms with E-state index in [1.54, 1.807) is 0 Å². The summed E-state index contributed by atoms with van der Waals surface area (Å²) in [6, 6.07) is 2.67. The molecule has 0 saturated heterocycles. The van der Waals surface area contributed by atoms with Crippen LogP contribution < -0.4 is 11.5 Å². The first kappa shape index (κ1) is 11.4. The Hall–Kier alpha value is -1.62. The number of nitrogens with two attached hydrogens (primary N) is 2. The van der Waals surface area contributed by atoms with Gasteiger partial charge in [-0.25, -0.2) is 0 Å². The second-order valence-electron chi connectivity index (χ2n) is 2.16. The Labute approximate surface area is 80.5 Å². The van der Waals surface area contributed by atoms with Crippen molar-refractivity contribution in [1.82, 2.24) is 4.98 Å². The summed E-state index contributed by atoms with van der Waals surface area (Å²) >= 11 is 0. The van der Waals surface area contributed by atoms with Gasteiger partial charge in [0.2, 0.25) is 5.91 Å². The Kier molecular flexibility index (Phi) is 3.87. The molecule has 70 valence electrons. The molecule has 0 aliphatic carbocycles. The number of hydrogen-bond acceptors (Lipinski definition) is 3. The highest BCUT2D eigenvalue weighted by molar-refractivity contribution is 5.97. The molecule has 0 spiro atoms. The zero-order valence-corrected chi connectivity index (χ0v) is 7.38. The van der Waals surface area contributed by atoms with Crippen LogP contribution >= 0.6 is 12.4 Å².